The van der Waals surface area contributed by atoms with Crippen LogP contribution in [0.3, 0.4) is 0 Å². The number of carboxylic acids is 1. The van der Waals surface area contributed by atoms with Crippen molar-refractivity contribution in [1.82, 2.24) is 4.98 Å². The van der Waals surface area contributed by atoms with E-state index < -0.39 is 5.97 Å². The van der Waals surface area contributed by atoms with Crippen LogP contribution in [0.1, 0.15) is 12.5 Å². The Kier molecular flexibility index (Phi) is 4.26. The molecule has 0 spiro atoms. The second-order valence-corrected chi connectivity index (χ2v) is 5.64. The number of aliphatic carboxylic acids is 1. The molecule has 0 saturated carbocycles. The maximum atomic E-state index is 11.3. The highest BCUT2D eigenvalue weighted by Gasteiger charge is 2.16. The number of H-pyrrole nitrogens is 1. The lowest BCUT2D eigenvalue weighted by Crippen LogP contribution is -2.01. The van der Waals surface area contributed by atoms with Gasteiger partial charge >= 0.3 is 5.97 Å². The maximum Gasteiger partial charge on any atom is 0.307 e. The second-order valence-electron chi connectivity index (χ2n) is 5.20. The van der Waals surface area contributed by atoms with E-state index in [9.17, 15) is 9.90 Å². The maximum absolute atomic E-state index is 11.3. The molecule has 23 heavy (non-hydrogen) atoms. The van der Waals surface area contributed by atoms with E-state index in [4.69, 9.17) is 16.3 Å². The number of aromatic amines is 1. The van der Waals surface area contributed by atoms with Crippen molar-refractivity contribution in [3.05, 3.63) is 53.1 Å². The highest BCUT2D eigenvalue weighted by Crippen LogP contribution is 2.33. The van der Waals surface area contributed by atoms with Crippen LogP contribution >= 0.6 is 11.6 Å². The predicted molar refractivity (Wildman–Crippen MR) is 91.3 cm³/mol. The summed E-state index contributed by atoms with van der Waals surface area (Å²) >= 11 is 6.07. The molecule has 1 aromatic heterocycles. The van der Waals surface area contributed by atoms with E-state index in [1.165, 1.54) is 0 Å². The zero-order valence-corrected chi connectivity index (χ0v) is 13.4. The third kappa shape index (κ3) is 3.17. The highest BCUT2D eigenvalue weighted by atomic mass is 35.5. The number of fused-ring (bicyclic) bond motifs is 1. The molecule has 0 unspecified atom stereocenters. The monoisotopic (exact) mass is 329 g/mol. The zero-order chi connectivity index (χ0) is 16.4. The molecule has 0 amide bonds. The summed E-state index contributed by atoms with van der Waals surface area (Å²) < 4.78 is 5.53. The van der Waals surface area contributed by atoms with Crippen LogP contribution in [0.5, 0.6) is 5.75 Å². The minimum Gasteiger partial charge on any atom is -0.494 e. The molecule has 0 atom stereocenters. The Labute approximate surface area is 138 Å². The van der Waals surface area contributed by atoms with Crippen molar-refractivity contribution in [2.45, 2.75) is 13.3 Å². The van der Waals surface area contributed by atoms with Gasteiger partial charge in [-0.25, -0.2) is 0 Å². The van der Waals surface area contributed by atoms with Gasteiger partial charge in [0.2, 0.25) is 0 Å². The average Bonchev–Trinajstić information content (AvgIpc) is 2.85. The van der Waals surface area contributed by atoms with E-state index in [2.05, 4.69) is 4.98 Å². The van der Waals surface area contributed by atoms with Crippen molar-refractivity contribution in [2.24, 2.45) is 0 Å². The molecule has 4 nitrogen and oxygen atoms in total. The van der Waals surface area contributed by atoms with Crippen molar-refractivity contribution < 1.29 is 14.6 Å². The molecule has 3 aromatic rings. The number of hydrogen-bond donors (Lipinski definition) is 2. The normalized spacial score (nSPS) is 10.9. The Balaban J connectivity index is 2.19. The largest absolute Gasteiger partial charge is 0.494 e. The molecule has 0 bridgehead atoms. The number of benzene rings is 2. The van der Waals surface area contributed by atoms with Crippen molar-refractivity contribution >= 4 is 28.5 Å². The van der Waals surface area contributed by atoms with Gasteiger partial charge in [-0.15, -0.1) is 0 Å². The first kappa shape index (κ1) is 15.4. The topological polar surface area (TPSA) is 62.3 Å². The summed E-state index contributed by atoms with van der Waals surface area (Å²) in [4.78, 5) is 14.6. The lowest BCUT2D eigenvalue weighted by Gasteiger charge is -2.07. The summed E-state index contributed by atoms with van der Waals surface area (Å²) in [5.41, 5.74) is 3.26. The van der Waals surface area contributed by atoms with Gasteiger partial charge in [0, 0.05) is 21.5 Å². The summed E-state index contributed by atoms with van der Waals surface area (Å²) in [5, 5.41) is 10.7. The van der Waals surface area contributed by atoms with Crippen LogP contribution in [0, 0.1) is 0 Å². The molecule has 2 aromatic carbocycles. The summed E-state index contributed by atoms with van der Waals surface area (Å²) in [5.74, 6) is -0.129. The van der Waals surface area contributed by atoms with Crippen molar-refractivity contribution in [1.29, 1.82) is 0 Å². The molecule has 0 aliphatic rings. The molecule has 118 valence electrons. The van der Waals surface area contributed by atoms with E-state index in [1.54, 1.807) is 12.1 Å². The summed E-state index contributed by atoms with van der Waals surface area (Å²) in [6, 6.07) is 13.0. The van der Waals surface area contributed by atoms with Gasteiger partial charge in [0.05, 0.1) is 18.7 Å². The minimum atomic E-state index is -0.881. The Bertz CT molecular complexity index is 870. The SMILES string of the molecule is CCOc1cccc(-c2[nH]c3ccc(Cl)cc3c2CC(=O)O)c1. The molecule has 0 aliphatic heterocycles. The van der Waals surface area contributed by atoms with E-state index in [0.717, 1.165) is 33.5 Å². The molecule has 2 N–H and O–H groups in total. The minimum absolute atomic E-state index is 0.0749. The lowest BCUT2D eigenvalue weighted by molar-refractivity contribution is -0.136. The van der Waals surface area contributed by atoms with Gasteiger partial charge in [0.15, 0.2) is 0 Å². The number of ether oxygens (including phenoxy) is 1. The first-order chi connectivity index (χ1) is 11.1. The first-order valence-corrected chi connectivity index (χ1v) is 7.71. The van der Waals surface area contributed by atoms with Crippen molar-refractivity contribution in [2.75, 3.05) is 6.61 Å². The van der Waals surface area contributed by atoms with Gasteiger partial charge in [-0.1, -0.05) is 23.7 Å². The fraction of sp³-hybridized carbons (Fsp3) is 0.167. The average molecular weight is 330 g/mol. The molecule has 3 rings (SSSR count). The van der Waals surface area contributed by atoms with Crippen LogP contribution in [-0.2, 0) is 11.2 Å². The molecule has 0 saturated heterocycles. The van der Waals surface area contributed by atoms with Crippen LogP contribution in [0.15, 0.2) is 42.5 Å². The fourth-order valence-corrected chi connectivity index (χ4v) is 2.88. The van der Waals surface area contributed by atoms with Crippen LogP contribution < -0.4 is 4.74 Å². The van der Waals surface area contributed by atoms with Gasteiger partial charge in [0.25, 0.3) is 0 Å². The summed E-state index contributed by atoms with van der Waals surface area (Å²) in [6.07, 6.45) is -0.0749. The Hall–Kier alpha value is -2.46. The number of halogens is 1. The number of carboxylic acid groups (broad SMARTS) is 1. The second kappa shape index (κ2) is 6.34. The number of nitrogens with one attached hydrogen (secondary N) is 1. The third-order valence-corrected chi connectivity index (χ3v) is 3.86. The van der Waals surface area contributed by atoms with Crippen LogP contribution in [0.25, 0.3) is 22.2 Å². The Morgan fingerprint density at radius 1 is 1.26 bits per heavy atom. The summed E-state index contributed by atoms with van der Waals surface area (Å²) in [7, 11) is 0. The van der Waals surface area contributed by atoms with Gasteiger partial charge in [-0.3, -0.25) is 4.79 Å². The summed E-state index contributed by atoms with van der Waals surface area (Å²) in [6.45, 7) is 2.50. The van der Waals surface area contributed by atoms with Crippen LogP contribution in [0.4, 0.5) is 0 Å². The molecular formula is C18H16ClNO3. The predicted octanol–water partition coefficient (Wildman–Crippen LogP) is 4.51. The number of rotatable bonds is 5. The van der Waals surface area contributed by atoms with E-state index in [0.29, 0.717) is 11.6 Å². The quantitative estimate of drug-likeness (QED) is 0.723. The third-order valence-electron chi connectivity index (χ3n) is 3.63. The standard InChI is InChI=1S/C18H16ClNO3/c1-2-23-13-5-3-4-11(8-13)18-15(10-17(21)22)14-9-12(19)6-7-16(14)20-18/h3-9,20H,2,10H2,1H3,(H,21,22). The molecule has 0 aliphatic carbocycles. The van der Waals surface area contributed by atoms with Crippen molar-refractivity contribution in [3.63, 3.8) is 0 Å². The first-order valence-electron chi connectivity index (χ1n) is 7.33. The van der Waals surface area contributed by atoms with Crippen molar-refractivity contribution in [3.8, 4) is 17.0 Å². The van der Waals surface area contributed by atoms with Gasteiger partial charge in [-0.2, -0.15) is 0 Å². The number of hydrogen-bond acceptors (Lipinski definition) is 2. The molecule has 1 heterocycles. The molecule has 0 fully saturated rings. The van der Waals surface area contributed by atoms with E-state index in [1.807, 2.05) is 37.3 Å². The van der Waals surface area contributed by atoms with Crippen LogP contribution in [-0.4, -0.2) is 22.7 Å². The van der Waals surface area contributed by atoms with Gasteiger partial charge in [0.1, 0.15) is 5.75 Å². The van der Waals surface area contributed by atoms with Gasteiger partial charge < -0.3 is 14.8 Å². The molecule has 0 radical (unpaired) electrons. The van der Waals surface area contributed by atoms with Gasteiger partial charge in [-0.05, 0) is 42.8 Å². The fourth-order valence-electron chi connectivity index (χ4n) is 2.71. The molecular weight excluding hydrogens is 314 g/mol. The zero-order valence-electron chi connectivity index (χ0n) is 12.6. The van der Waals surface area contributed by atoms with E-state index >= 15 is 0 Å². The van der Waals surface area contributed by atoms with E-state index in [-0.39, 0.29) is 6.42 Å². The molecule has 5 heteroatoms. The highest BCUT2D eigenvalue weighted by molar-refractivity contribution is 6.31. The smallest absolute Gasteiger partial charge is 0.307 e. The number of carbonyl (C=O) groups is 1. The van der Waals surface area contributed by atoms with Crippen LogP contribution in [0.2, 0.25) is 5.02 Å². The lowest BCUT2D eigenvalue weighted by atomic mass is 10.0. The Morgan fingerprint density at radius 2 is 2.09 bits per heavy atom. The Morgan fingerprint density at radius 3 is 2.83 bits per heavy atom. The number of aromatic nitrogens is 1.